The molecule has 0 aromatic rings. The van der Waals surface area contributed by atoms with Crippen LogP contribution in [0.3, 0.4) is 0 Å². The molecule has 0 saturated heterocycles. The lowest BCUT2D eigenvalue weighted by molar-refractivity contribution is -0.0781. The predicted octanol–water partition coefficient (Wildman–Crippen LogP) is 1.14. The average Bonchev–Trinajstić information content (AvgIpc) is 2.00. The summed E-state index contributed by atoms with van der Waals surface area (Å²) in [5.41, 5.74) is -0.711. The molecule has 88 valence electrons. The van der Waals surface area contributed by atoms with Gasteiger partial charge in [-0.2, -0.15) is 0 Å². The maximum atomic E-state index is 11.3. The van der Waals surface area contributed by atoms with Crippen LogP contribution in [-0.4, -0.2) is 30.1 Å². The number of amides is 1. The Bertz CT molecular complexity index is 240. The summed E-state index contributed by atoms with van der Waals surface area (Å²) < 4.78 is 11.1. The third kappa shape index (κ3) is 6.48. The van der Waals surface area contributed by atoms with Crippen molar-refractivity contribution < 1.29 is 14.0 Å². The van der Waals surface area contributed by atoms with Gasteiger partial charge in [-0.15, -0.1) is 0 Å². The molecule has 0 bridgehead atoms. The van der Waals surface area contributed by atoms with Crippen molar-refractivity contribution in [1.82, 2.24) is 5.32 Å². The molecular weight excluding hydrogens is 226 g/mol. The molecule has 0 radical (unpaired) electrons. The maximum absolute atomic E-state index is 11.3. The Labute approximate surface area is 95.6 Å². The first-order chi connectivity index (χ1) is 6.72. The number of hydrogen-bond acceptors (Lipinski definition) is 3. The second kappa shape index (κ2) is 5.48. The Morgan fingerprint density at radius 1 is 1.60 bits per heavy atom. The molecule has 0 aliphatic rings. The summed E-state index contributed by atoms with van der Waals surface area (Å²) in [5, 5.41) is 2.38. The number of hydrogen-bond donors (Lipinski definition) is 1. The molecular formula is C9H21NO3Si2. The highest BCUT2D eigenvalue weighted by atomic mass is 28.4. The lowest BCUT2D eigenvalue weighted by atomic mass is 10.5. The van der Waals surface area contributed by atoms with Crippen LogP contribution in [0.2, 0.25) is 19.6 Å². The molecule has 0 aliphatic carbocycles. The highest BCUT2D eigenvalue weighted by Crippen LogP contribution is 2.20. The zero-order valence-corrected chi connectivity index (χ0v) is 13.2. The number of rotatable bonds is 5. The van der Waals surface area contributed by atoms with Gasteiger partial charge in [-0.25, -0.2) is 4.79 Å². The molecule has 0 fully saturated rings. The molecule has 15 heavy (non-hydrogen) atoms. The second-order valence-electron chi connectivity index (χ2n) is 4.44. The van der Waals surface area contributed by atoms with Crippen molar-refractivity contribution in [2.24, 2.45) is 0 Å². The number of alkyl carbamates (subject to hydrolysis) is 1. The van der Waals surface area contributed by atoms with Crippen LogP contribution in [-0.2, 0) is 9.16 Å². The van der Waals surface area contributed by atoms with Crippen LogP contribution < -0.4 is 5.32 Å². The second-order valence-corrected chi connectivity index (χ2v) is 10.4. The minimum Gasteiger partial charge on any atom is -0.423 e. The van der Waals surface area contributed by atoms with Crippen molar-refractivity contribution in [1.29, 1.82) is 0 Å². The molecule has 1 atom stereocenters. The lowest BCUT2D eigenvalue weighted by Crippen LogP contribution is -2.47. The van der Waals surface area contributed by atoms with Crippen LogP contribution in [0.25, 0.3) is 0 Å². The van der Waals surface area contributed by atoms with Crippen LogP contribution in [0, 0.1) is 0 Å². The molecule has 4 nitrogen and oxygen atoms in total. The highest BCUT2D eigenvalue weighted by Gasteiger charge is 2.33. The summed E-state index contributed by atoms with van der Waals surface area (Å²) in [7, 11) is -1.05. The molecule has 1 amide bonds. The first-order valence-electron chi connectivity index (χ1n) is 5.03. The largest absolute Gasteiger partial charge is 0.423 e. The zero-order chi connectivity index (χ0) is 12.1. The number of carbonyl (C=O) groups excluding carboxylic acids is 1. The van der Waals surface area contributed by atoms with Crippen molar-refractivity contribution >= 4 is 24.7 Å². The Kier molecular flexibility index (Phi) is 5.26. The number of carbonyl (C=O) groups is 1. The van der Waals surface area contributed by atoms with Crippen molar-refractivity contribution in [2.75, 3.05) is 0 Å². The third-order valence-electron chi connectivity index (χ3n) is 1.69. The SMILES string of the molecule is C=CNC(=O)OC([SiH3])(CC)O[Si](C)(C)C. The summed E-state index contributed by atoms with van der Waals surface area (Å²) in [4.78, 5) is 11.3. The number of nitrogens with one attached hydrogen (secondary N) is 1. The summed E-state index contributed by atoms with van der Waals surface area (Å²) in [6.07, 6.45) is 1.47. The molecule has 0 aliphatic heterocycles. The van der Waals surface area contributed by atoms with Crippen molar-refractivity contribution in [3.05, 3.63) is 12.8 Å². The van der Waals surface area contributed by atoms with E-state index in [1.54, 1.807) is 0 Å². The predicted molar refractivity (Wildman–Crippen MR) is 67.2 cm³/mol. The lowest BCUT2D eigenvalue weighted by Gasteiger charge is -2.34. The fraction of sp³-hybridized carbons (Fsp3) is 0.667. The Morgan fingerprint density at radius 3 is 2.47 bits per heavy atom. The van der Waals surface area contributed by atoms with E-state index < -0.39 is 19.8 Å². The standard InChI is InChI=1S/C9H21NO3Si2/c1-6-9(14,13-15(3,4)5)12-8(11)10-7-2/h7H,2,6H2,1,3-5,14H3,(H,10,11). The minimum absolute atomic E-state index is 0.500. The first kappa shape index (κ1) is 14.4. The van der Waals surface area contributed by atoms with Crippen molar-refractivity contribution in [3.63, 3.8) is 0 Å². The first-order valence-corrected chi connectivity index (χ1v) is 9.44. The van der Waals surface area contributed by atoms with Gasteiger partial charge in [0, 0.05) is 6.42 Å². The van der Waals surface area contributed by atoms with Crippen molar-refractivity contribution in [3.8, 4) is 0 Å². The van der Waals surface area contributed by atoms with Crippen molar-refractivity contribution in [2.45, 2.75) is 38.4 Å². The van der Waals surface area contributed by atoms with Gasteiger partial charge < -0.3 is 9.16 Å². The van der Waals surface area contributed by atoms with E-state index in [-0.39, 0.29) is 0 Å². The topological polar surface area (TPSA) is 47.6 Å². The van der Waals surface area contributed by atoms with E-state index in [4.69, 9.17) is 9.16 Å². The molecule has 1 N–H and O–H groups in total. The average molecular weight is 247 g/mol. The van der Waals surface area contributed by atoms with Crippen LogP contribution >= 0.6 is 0 Å². The molecule has 1 unspecified atom stereocenters. The summed E-state index contributed by atoms with van der Waals surface area (Å²) in [5.74, 6) is 0. The van der Waals surface area contributed by atoms with E-state index in [0.29, 0.717) is 16.7 Å². The summed E-state index contributed by atoms with van der Waals surface area (Å²) in [6.45, 7) is 11.6. The van der Waals surface area contributed by atoms with E-state index >= 15 is 0 Å². The fourth-order valence-corrected chi connectivity index (χ4v) is 4.63. The van der Waals surface area contributed by atoms with Gasteiger partial charge in [-0.05, 0) is 25.8 Å². The molecule has 0 rings (SSSR count). The highest BCUT2D eigenvalue weighted by molar-refractivity contribution is 6.70. The summed E-state index contributed by atoms with van der Waals surface area (Å²) in [6, 6.07) is 0. The normalized spacial score (nSPS) is 15.5. The quantitative estimate of drug-likeness (QED) is 0.585. The van der Waals surface area contributed by atoms with Crippen LogP contribution in [0.15, 0.2) is 12.8 Å². The smallest absolute Gasteiger partial charge is 0.413 e. The third-order valence-corrected chi connectivity index (χ3v) is 4.26. The maximum Gasteiger partial charge on any atom is 0.413 e. The van der Waals surface area contributed by atoms with E-state index in [9.17, 15) is 4.79 Å². The zero-order valence-electron chi connectivity index (χ0n) is 10.2. The molecule has 0 heterocycles. The van der Waals surface area contributed by atoms with Gasteiger partial charge in [0.15, 0.2) is 13.7 Å². The Balaban J connectivity index is 4.43. The molecule has 6 heteroatoms. The fourth-order valence-electron chi connectivity index (χ4n) is 1.12. The van der Waals surface area contributed by atoms with E-state index in [0.717, 1.165) is 0 Å². The molecule has 0 saturated carbocycles. The van der Waals surface area contributed by atoms with E-state index in [1.165, 1.54) is 6.20 Å². The van der Waals surface area contributed by atoms with Gasteiger partial charge in [-0.3, -0.25) is 5.32 Å². The van der Waals surface area contributed by atoms with Crippen LogP contribution in [0.4, 0.5) is 4.79 Å². The van der Waals surface area contributed by atoms with Crippen LogP contribution in [0.5, 0.6) is 0 Å². The number of ether oxygens (including phenoxy) is 1. The van der Waals surface area contributed by atoms with Gasteiger partial charge in [0.05, 0.1) is 10.2 Å². The van der Waals surface area contributed by atoms with Gasteiger partial charge in [0.25, 0.3) is 0 Å². The van der Waals surface area contributed by atoms with Gasteiger partial charge in [0.2, 0.25) is 0 Å². The van der Waals surface area contributed by atoms with Gasteiger partial charge in [0.1, 0.15) is 0 Å². The monoisotopic (exact) mass is 247 g/mol. The Morgan fingerprint density at radius 2 is 2.13 bits per heavy atom. The Hall–Kier alpha value is -0.596. The van der Waals surface area contributed by atoms with E-state index in [2.05, 4.69) is 31.5 Å². The van der Waals surface area contributed by atoms with Crippen LogP contribution in [0.1, 0.15) is 13.3 Å². The molecule has 0 aromatic carbocycles. The molecule has 0 spiro atoms. The van der Waals surface area contributed by atoms with Gasteiger partial charge in [-0.1, -0.05) is 13.5 Å². The summed E-state index contributed by atoms with van der Waals surface area (Å²) >= 11 is 0. The molecule has 0 aromatic heterocycles. The minimum atomic E-state index is -1.70. The van der Waals surface area contributed by atoms with Gasteiger partial charge >= 0.3 is 6.09 Å². The van der Waals surface area contributed by atoms with E-state index in [1.807, 2.05) is 6.92 Å².